The highest BCUT2D eigenvalue weighted by Gasteiger charge is 2.19. The first kappa shape index (κ1) is 25.8. The van der Waals surface area contributed by atoms with Crippen LogP contribution in [-0.4, -0.2) is 9.97 Å². The molecule has 9 rings (SSSR count). The third-order valence-corrected chi connectivity index (χ3v) is 9.80. The van der Waals surface area contributed by atoms with Crippen molar-refractivity contribution in [2.24, 2.45) is 0 Å². The zero-order valence-electron chi connectivity index (χ0n) is 24.3. The number of thiazole rings is 1. The van der Waals surface area contributed by atoms with Gasteiger partial charge >= 0.3 is 0 Å². The molecule has 0 spiro atoms. The third-order valence-electron chi connectivity index (χ3n) is 8.77. The Morgan fingerprint density at radius 2 is 0.956 bits per heavy atom. The van der Waals surface area contributed by atoms with Crippen molar-refractivity contribution in [2.45, 2.75) is 0 Å². The SMILES string of the molecule is c1ccc(-c2ccc(-c3c4ccccc4c(-c4cccc(-c5nc6cccnc6s5)c4)c4ccccc34)c3ccccc23)cc1. The number of pyridine rings is 1. The first-order valence-electron chi connectivity index (χ1n) is 15.2. The molecule has 2 nitrogen and oxygen atoms in total. The molecule has 0 bridgehead atoms. The number of hydrogen-bond acceptors (Lipinski definition) is 3. The van der Waals surface area contributed by atoms with E-state index in [2.05, 4.69) is 145 Å². The average Bonchev–Trinajstić information content (AvgIpc) is 3.55. The predicted molar refractivity (Wildman–Crippen MR) is 192 cm³/mol. The lowest BCUT2D eigenvalue weighted by molar-refractivity contribution is 1.41. The lowest BCUT2D eigenvalue weighted by Crippen LogP contribution is -1.92. The van der Waals surface area contributed by atoms with Crippen LogP contribution in [0.5, 0.6) is 0 Å². The molecule has 0 aliphatic carbocycles. The Labute approximate surface area is 264 Å². The Hall–Kier alpha value is -5.64. The molecule has 210 valence electrons. The minimum atomic E-state index is 0.939. The summed E-state index contributed by atoms with van der Waals surface area (Å²) in [6.45, 7) is 0. The lowest BCUT2D eigenvalue weighted by atomic mass is 9.83. The Morgan fingerprint density at radius 1 is 0.400 bits per heavy atom. The van der Waals surface area contributed by atoms with Crippen molar-refractivity contribution in [1.29, 1.82) is 0 Å². The molecule has 0 saturated heterocycles. The van der Waals surface area contributed by atoms with E-state index in [-0.39, 0.29) is 0 Å². The molecule has 9 aromatic rings. The maximum Gasteiger partial charge on any atom is 0.143 e. The third kappa shape index (κ3) is 4.24. The minimum Gasteiger partial charge on any atom is -0.244 e. The number of aromatic nitrogens is 2. The molecule has 0 saturated carbocycles. The molecule has 3 heteroatoms. The number of rotatable bonds is 4. The van der Waals surface area contributed by atoms with E-state index < -0.39 is 0 Å². The van der Waals surface area contributed by atoms with Crippen molar-refractivity contribution in [1.82, 2.24) is 9.97 Å². The van der Waals surface area contributed by atoms with Crippen molar-refractivity contribution in [3.05, 3.63) is 158 Å². The van der Waals surface area contributed by atoms with Gasteiger partial charge in [0.05, 0.1) is 0 Å². The van der Waals surface area contributed by atoms with Crippen LogP contribution in [0.4, 0.5) is 0 Å². The molecule has 2 heterocycles. The van der Waals surface area contributed by atoms with Crippen LogP contribution in [0, 0.1) is 0 Å². The van der Waals surface area contributed by atoms with Crippen molar-refractivity contribution in [3.63, 3.8) is 0 Å². The van der Waals surface area contributed by atoms with E-state index in [9.17, 15) is 0 Å². The first-order valence-corrected chi connectivity index (χ1v) is 16.0. The number of fused-ring (bicyclic) bond motifs is 4. The molecule has 0 fully saturated rings. The molecule has 0 aliphatic heterocycles. The molecule has 7 aromatic carbocycles. The van der Waals surface area contributed by atoms with Crippen LogP contribution in [0.1, 0.15) is 0 Å². The van der Waals surface area contributed by atoms with Crippen LogP contribution >= 0.6 is 11.3 Å². The molecule has 45 heavy (non-hydrogen) atoms. The maximum absolute atomic E-state index is 4.91. The standard InChI is InChI=1S/C42H26N2S/c1-2-12-27(13-3-1)30-23-24-37(32-17-5-4-16-31(30)32)40-35-20-8-6-18-33(35)39(34-19-7-9-21-36(34)40)28-14-10-15-29(26-28)41-44-38-22-11-25-43-42(38)45-41/h1-26H. The van der Waals surface area contributed by atoms with E-state index in [4.69, 9.17) is 4.98 Å². The lowest BCUT2D eigenvalue weighted by Gasteiger charge is -2.20. The molecule has 2 aromatic heterocycles. The number of benzene rings is 7. The molecular weight excluding hydrogens is 565 g/mol. The summed E-state index contributed by atoms with van der Waals surface area (Å²) in [5.41, 5.74) is 9.48. The zero-order chi connectivity index (χ0) is 29.7. The van der Waals surface area contributed by atoms with Gasteiger partial charge in [0.25, 0.3) is 0 Å². The Bertz CT molecular complexity index is 2460. The minimum absolute atomic E-state index is 0.939. The molecule has 0 amide bonds. The number of nitrogens with zero attached hydrogens (tertiary/aromatic N) is 2. The van der Waals surface area contributed by atoms with Crippen molar-refractivity contribution >= 4 is 54.0 Å². The van der Waals surface area contributed by atoms with E-state index in [0.29, 0.717) is 0 Å². The fourth-order valence-electron chi connectivity index (χ4n) is 6.82. The van der Waals surface area contributed by atoms with Crippen LogP contribution in [0.2, 0.25) is 0 Å². The van der Waals surface area contributed by atoms with Crippen LogP contribution in [-0.2, 0) is 0 Å². The van der Waals surface area contributed by atoms with Gasteiger partial charge in [0.1, 0.15) is 15.4 Å². The quantitative estimate of drug-likeness (QED) is 0.191. The summed E-state index contributed by atoms with van der Waals surface area (Å²) in [6, 6.07) is 54.7. The van der Waals surface area contributed by atoms with E-state index in [1.54, 1.807) is 11.3 Å². The van der Waals surface area contributed by atoms with Crippen LogP contribution in [0.15, 0.2) is 158 Å². The van der Waals surface area contributed by atoms with Gasteiger partial charge in [-0.2, -0.15) is 0 Å². The summed E-state index contributed by atoms with van der Waals surface area (Å²) in [5, 5.41) is 8.48. The molecule has 0 aliphatic rings. The van der Waals surface area contributed by atoms with Crippen LogP contribution < -0.4 is 0 Å². The van der Waals surface area contributed by atoms with Gasteiger partial charge in [0.15, 0.2) is 0 Å². The summed E-state index contributed by atoms with van der Waals surface area (Å²) in [5.74, 6) is 0. The highest BCUT2D eigenvalue weighted by Crippen LogP contribution is 2.46. The highest BCUT2D eigenvalue weighted by atomic mass is 32.1. The van der Waals surface area contributed by atoms with Crippen LogP contribution in [0.25, 0.3) is 86.6 Å². The fraction of sp³-hybridized carbons (Fsp3) is 0. The second-order valence-electron chi connectivity index (χ2n) is 11.3. The van der Waals surface area contributed by atoms with E-state index in [1.165, 1.54) is 65.7 Å². The Balaban J connectivity index is 1.32. The molecular formula is C42H26N2S. The van der Waals surface area contributed by atoms with Gasteiger partial charge in [-0.3, -0.25) is 0 Å². The van der Waals surface area contributed by atoms with Crippen molar-refractivity contribution in [3.8, 4) is 44.0 Å². The predicted octanol–water partition coefficient (Wildman–Crippen LogP) is 11.8. The van der Waals surface area contributed by atoms with E-state index in [0.717, 1.165) is 20.9 Å². The second kappa shape index (κ2) is 10.5. The summed E-state index contributed by atoms with van der Waals surface area (Å²) >= 11 is 1.64. The first-order chi connectivity index (χ1) is 22.3. The van der Waals surface area contributed by atoms with Gasteiger partial charge in [-0.15, -0.1) is 0 Å². The van der Waals surface area contributed by atoms with Gasteiger partial charge in [0, 0.05) is 11.8 Å². The van der Waals surface area contributed by atoms with Crippen LogP contribution in [0.3, 0.4) is 0 Å². The normalized spacial score (nSPS) is 11.6. The summed E-state index contributed by atoms with van der Waals surface area (Å²) in [6.07, 6.45) is 1.83. The summed E-state index contributed by atoms with van der Waals surface area (Å²) in [7, 11) is 0. The monoisotopic (exact) mass is 590 g/mol. The smallest absolute Gasteiger partial charge is 0.143 e. The van der Waals surface area contributed by atoms with Gasteiger partial charge in [-0.1, -0.05) is 145 Å². The summed E-state index contributed by atoms with van der Waals surface area (Å²) < 4.78 is 0. The van der Waals surface area contributed by atoms with Gasteiger partial charge in [-0.05, 0) is 83.9 Å². The fourth-order valence-corrected chi connectivity index (χ4v) is 7.72. The van der Waals surface area contributed by atoms with Gasteiger partial charge in [-0.25, -0.2) is 9.97 Å². The maximum atomic E-state index is 4.91. The second-order valence-corrected chi connectivity index (χ2v) is 12.3. The molecule has 0 N–H and O–H groups in total. The summed E-state index contributed by atoms with van der Waals surface area (Å²) in [4.78, 5) is 10.4. The zero-order valence-corrected chi connectivity index (χ0v) is 25.1. The van der Waals surface area contributed by atoms with Gasteiger partial charge in [0.2, 0.25) is 0 Å². The molecule has 0 unspecified atom stereocenters. The Kier molecular flexibility index (Phi) is 6.03. The topological polar surface area (TPSA) is 25.8 Å². The largest absolute Gasteiger partial charge is 0.244 e. The molecule has 0 atom stereocenters. The average molecular weight is 591 g/mol. The molecule has 0 radical (unpaired) electrons. The van der Waals surface area contributed by atoms with E-state index in [1.807, 2.05) is 18.3 Å². The number of hydrogen-bond donors (Lipinski definition) is 0. The van der Waals surface area contributed by atoms with Crippen molar-refractivity contribution < 1.29 is 0 Å². The van der Waals surface area contributed by atoms with Crippen molar-refractivity contribution in [2.75, 3.05) is 0 Å². The highest BCUT2D eigenvalue weighted by molar-refractivity contribution is 7.21. The van der Waals surface area contributed by atoms with Gasteiger partial charge < -0.3 is 0 Å². The Morgan fingerprint density at radius 3 is 1.64 bits per heavy atom. The van der Waals surface area contributed by atoms with E-state index >= 15 is 0 Å².